The van der Waals surface area contributed by atoms with Crippen LogP contribution in [0.25, 0.3) is 0 Å². The van der Waals surface area contributed by atoms with Crippen LogP contribution in [0.2, 0.25) is 5.02 Å². The van der Waals surface area contributed by atoms with E-state index < -0.39 is 0 Å². The van der Waals surface area contributed by atoms with Crippen molar-refractivity contribution in [3.63, 3.8) is 0 Å². The smallest absolute Gasteiger partial charge is 0.239 e. The molecule has 18 heavy (non-hydrogen) atoms. The second-order valence-corrected chi connectivity index (χ2v) is 5.07. The number of thiazole rings is 1. The lowest BCUT2D eigenvalue weighted by atomic mass is 10.3. The van der Waals surface area contributed by atoms with Gasteiger partial charge in [0, 0.05) is 11.9 Å². The van der Waals surface area contributed by atoms with Gasteiger partial charge in [-0.25, -0.2) is 15.8 Å². The summed E-state index contributed by atoms with van der Waals surface area (Å²) in [4.78, 5) is 15.5. The van der Waals surface area contributed by atoms with E-state index in [-0.39, 0.29) is 0 Å². The summed E-state index contributed by atoms with van der Waals surface area (Å²) in [5.41, 5.74) is 5.25. The summed E-state index contributed by atoms with van der Waals surface area (Å²) in [5, 5.41) is 0.485. The molecule has 0 saturated carbocycles. The molecule has 0 saturated heterocycles. The lowest BCUT2D eigenvalue weighted by Crippen LogP contribution is -2.20. The van der Waals surface area contributed by atoms with Crippen LogP contribution in [0.5, 0.6) is 0 Å². The van der Waals surface area contributed by atoms with Gasteiger partial charge in [-0.1, -0.05) is 11.6 Å². The Kier molecular flexibility index (Phi) is 3.95. The van der Waals surface area contributed by atoms with Gasteiger partial charge in [-0.3, -0.25) is 5.43 Å². The van der Waals surface area contributed by atoms with E-state index in [2.05, 4.69) is 20.4 Å². The summed E-state index contributed by atoms with van der Waals surface area (Å²) in [5.74, 6) is 6.25. The molecule has 0 unspecified atom stereocenters. The van der Waals surface area contributed by atoms with Gasteiger partial charge in [-0.2, -0.15) is 4.98 Å². The fourth-order valence-corrected chi connectivity index (χ4v) is 2.53. The molecule has 0 aliphatic rings. The third-order valence-corrected chi connectivity index (χ3v) is 3.63. The molecule has 2 heterocycles. The van der Waals surface area contributed by atoms with Crippen molar-refractivity contribution >= 4 is 34.7 Å². The number of nitrogen functional groups attached to an aromatic ring is 1. The molecule has 0 atom stereocenters. The highest BCUT2D eigenvalue weighted by molar-refractivity contribution is 7.09. The number of aryl methyl sites for hydroxylation is 1. The third-order valence-electron chi connectivity index (χ3n) is 2.44. The first-order valence-corrected chi connectivity index (χ1v) is 6.47. The molecule has 0 spiro atoms. The fraction of sp³-hybridized carbons (Fsp3) is 0.300. The van der Waals surface area contributed by atoms with Crippen molar-refractivity contribution in [1.82, 2.24) is 15.0 Å². The van der Waals surface area contributed by atoms with Gasteiger partial charge < -0.3 is 4.90 Å². The van der Waals surface area contributed by atoms with Gasteiger partial charge in [-0.05, 0) is 6.92 Å². The molecule has 0 aliphatic heterocycles. The number of rotatable bonds is 4. The van der Waals surface area contributed by atoms with Gasteiger partial charge in [0.1, 0.15) is 5.02 Å². The number of nitrogens with one attached hydrogen (secondary N) is 1. The Morgan fingerprint density at radius 2 is 2.28 bits per heavy atom. The number of aromatic nitrogens is 3. The van der Waals surface area contributed by atoms with Crippen LogP contribution in [0.15, 0.2) is 11.7 Å². The maximum Gasteiger partial charge on any atom is 0.239 e. The minimum absolute atomic E-state index is 0.335. The lowest BCUT2D eigenvalue weighted by Gasteiger charge is -2.19. The van der Waals surface area contributed by atoms with E-state index in [1.54, 1.807) is 11.3 Å². The zero-order valence-corrected chi connectivity index (χ0v) is 11.6. The molecular formula is C10H13ClN6S. The van der Waals surface area contributed by atoms with Crippen molar-refractivity contribution in [1.29, 1.82) is 0 Å². The number of anilines is 2. The highest BCUT2D eigenvalue weighted by atomic mass is 35.5. The minimum atomic E-state index is 0.335. The van der Waals surface area contributed by atoms with Crippen molar-refractivity contribution in [2.24, 2.45) is 5.84 Å². The van der Waals surface area contributed by atoms with E-state index >= 15 is 0 Å². The SMILES string of the molecule is Cc1ncsc1CN(C)c1nc(NN)ncc1Cl. The third kappa shape index (κ3) is 2.69. The second-order valence-electron chi connectivity index (χ2n) is 3.73. The monoisotopic (exact) mass is 284 g/mol. The second kappa shape index (κ2) is 5.47. The average molecular weight is 285 g/mol. The number of nitrogens with two attached hydrogens (primary N) is 1. The predicted octanol–water partition coefficient (Wildman–Crippen LogP) is 1.82. The summed E-state index contributed by atoms with van der Waals surface area (Å²) < 4.78 is 0. The zero-order chi connectivity index (χ0) is 13.1. The molecule has 0 bridgehead atoms. The van der Waals surface area contributed by atoms with Crippen molar-refractivity contribution in [2.75, 3.05) is 17.4 Å². The van der Waals surface area contributed by atoms with Gasteiger partial charge in [0.05, 0.1) is 23.9 Å². The molecule has 2 aromatic heterocycles. The van der Waals surface area contributed by atoms with Crippen LogP contribution in [-0.4, -0.2) is 22.0 Å². The van der Waals surface area contributed by atoms with Crippen LogP contribution in [0, 0.1) is 6.92 Å². The molecule has 96 valence electrons. The summed E-state index contributed by atoms with van der Waals surface area (Å²) in [6.45, 7) is 2.67. The molecule has 0 amide bonds. The van der Waals surface area contributed by atoms with Gasteiger partial charge in [-0.15, -0.1) is 11.3 Å². The molecule has 2 aromatic rings. The Morgan fingerprint density at radius 1 is 1.50 bits per heavy atom. The van der Waals surface area contributed by atoms with Crippen LogP contribution in [-0.2, 0) is 6.54 Å². The molecule has 8 heteroatoms. The van der Waals surface area contributed by atoms with Crippen molar-refractivity contribution in [3.8, 4) is 0 Å². The molecule has 0 fully saturated rings. The van der Waals surface area contributed by atoms with Gasteiger partial charge in [0.25, 0.3) is 0 Å². The summed E-state index contributed by atoms with van der Waals surface area (Å²) in [7, 11) is 1.91. The zero-order valence-electron chi connectivity index (χ0n) is 10.0. The van der Waals surface area contributed by atoms with Crippen LogP contribution in [0.1, 0.15) is 10.6 Å². The largest absolute Gasteiger partial charge is 0.353 e. The number of hydrogen-bond donors (Lipinski definition) is 2. The van der Waals surface area contributed by atoms with E-state index in [0.29, 0.717) is 23.3 Å². The predicted molar refractivity (Wildman–Crippen MR) is 73.8 cm³/mol. The van der Waals surface area contributed by atoms with Crippen LogP contribution < -0.4 is 16.2 Å². The van der Waals surface area contributed by atoms with E-state index in [1.807, 2.05) is 24.4 Å². The maximum atomic E-state index is 6.08. The van der Waals surface area contributed by atoms with E-state index in [4.69, 9.17) is 17.4 Å². The normalized spacial score (nSPS) is 10.4. The Balaban J connectivity index is 2.23. The average Bonchev–Trinajstić information content (AvgIpc) is 2.75. The summed E-state index contributed by atoms with van der Waals surface area (Å²) >= 11 is 7.69. The quantitative estimate of drug-likeness (QED) is 0.658. The van der Waals surface area contributed by atoms with Crippen molar-refractivity contribution < 1.29 is 0 Å². The van der Waals surface area contributed by atoms with Gasteiger partial charge in [0.2, 0.25) is 5.95 Å². The number of halogens is 1. The molecule has 2 rings (SSSR count). The molecule has 6 nitrogen and oxygen atoms in total. The molecule has 3 N–H and O–H groups in total. The highest BCUT2D eigenvalue weighted by Gasteiger charge is 2.12. The minimum Gasteiger partial charge on any atom is -0.353 e. The standard InChI is InChI=1S/C10H13ClN6S/c1-6-8(18-5-14-6)4-17(2)9-7(11)3-13-10(15-9)16-12/h3,5H,4,12H2,1-2H3,(H,13,15,16). The maximum absolute atomic E-state index is 6.08. The summed E-state index contributed by atoms with van der Waals surface area (Å²) in [6.07, 6.45) is 1.52. The number of nitrogens with zero attached hydrogens (tertiary/aromatic N) is 4. The van der Waals surface area contributed by atoms with Crippen molar-refractivity contribution in [3.05, 3.63) is 27.3 Å². The van der Waals surface area contributed by atoms with Crippen LogP contribution in [0.4, 0.5) is 11.8 Å². The topological polar surface area (TPSA) is 80.0 Å². The first-order valence-electron chi connectivity index (χ1n) is 5.21. The molecular weight excluding hydrogens is 272 g/mol. The Hall–Kier alpha value is -1.44. The van der Waals surface area contributed by atoms with Crippen molar-refractivity contribution in [2.45, 2.75) is 13.5 Å². The Bertz CT molecular complexity index is 543. The lowest BCUT2D eigenvalue weighted by molar-refractivity contribution is 0.894. The van der Waals surface area contributed by atoms with Gasteiger partial charge >= 0.3 is 0 Å². The number of hydrazine groups is 1. The Labute approximate surface area is 114 Å². The first-order chi connectivity index (χ1) is 8.61. The Morgan fingerprint density at radius 3 is 2.89 bits per heavy atom. The fourth-order valence-electron chi connectivity index (χ4n) is 1.46. The van der Waals surface area contributed by atoms with E-state index in [9.17, 15) is 0 Å². The molecule has 0 aliphatic carbocycles. The molecule has 0 radical (unpaired) electrons. The van der Waals surface area contributed by atoms with E-state index in [0.717, 1.165) is 5.69 Å². The van der Waals surface area contributed by atoms with Crippen LogP contribution in [0.3, 0.4) is 0 Å². The molecule has 0 aromatic carbocycles. The highest BCUT2D eigenvalue weighted by Crippen LogP contribution is 2.25. The summed E-state index contributed by atoms with van der Waals surface area (Å²) in [6, 6.07) is 0. The van der Waals surface area contributed by atoms with Crippen LogP contribution >= 0.6 is 22.9 Å². The van der Waals surface area contributed by atoms with Gasteiger partial charge in [0.15, 0.2) is 5.82 Å². The van der Waals surface area contributed by atoms with E-state index in [1.165, 1.54) is 11.1 Å². The number of hydrogen-bond acceptors (Lipinski definition) is 7. The first kappa shape index (κ1) is 13.0.